The second kappa shape index (κ2) is 6.97. The molecule has 0 spiro atoms. The highest BCUT2D eigenvalue weighted by molar-refractivity contribution is 7.03. The van der Waals surface area contributed by atoms with Gasteiger partial charge in [0.1, 0.15) is 0 Å². The first-order valence-electron chi connectivity index (χ1n) is 7.22. The standard InChI is InChI=1S/C16H15F2N3OS/c17-13-4-3-11(7-14(13)18)15-16(12-8-20-23-9-12)21(10-19-15)5-1-2-6-22/h3-4,7-10,22H,1-2,5-6H2. The topological polar surface area (TPSA) is 50.9 Å². The Bertz CT molecular complexity index is 787. The van der Waals surface area contributed by atoms with Gasteiger partial charge in [0.25, 0.3) is 0 Å². The summed E-state index contributed by atoms with van der Waals surface area (Å²) in [6.45, 7) is 0.822. The van der Waals surface area contributed by atoms with Gasteiger partial charge in [0.15, 0.2) is 11.6 Å². The van der Waals surface area contributed by atoms with Crippen molar-refractivity contribution < 1.29 is 13.9 Å². The number of aliphatic hydroxyl groups is 1. The average molecular weight is 335 g/mol. The second-order valence-corrected chi connectivity index (χ2v) is 5.77. The Hall–Kier alpha value is -2.12. The SMILES string of the molecule is OCCCCn1cnc(-c2ccc(F)c(F)c2)c1-c1cnsc1. The monoisotopic (exact) mass is 335 g/mol. The Morgan fingerprint density at radius 1 is 1.13 bits per heavy atom. The normalized spacial score (nSPS) is 11.1. The molecule has 0 fully saturated rings. The molecule has 0 aliphatic carbocycles. The van der Waals surface area contributed by atoms with E-state index in [4.69, 9.17) is 5.11 Å². The molecule has 0 saturated carbocycles. The molecule has 1 N–H and O–H groups in total. The second-order valence-electron chi connectivity index (χ2n) is 5.11. The Balaban J connectivity index is 2.04. The van der Waals surface area contributed by atoms with Gasteiger partial charge in [-0.2, -0.15) is 0 Å². The van der Waals surface area contributed by atoms with Crippen LogP contribution < -0.4 is 0 Å². The first kappa shape index (κ1) is 15.8. The van der Waals surface area contributed by atoms with Crippen LogP contribution in [0.25, 0.3) is 22.5 Å². The van der Waals surface area contributed by atoms with Gasteiger partial charge < -0.3 is 9.67 Å². The van der Waals surface area contributed by atoms with Gasteiger partial charge in [0, 0.05) is 29.7 Å². The lowest BCUT2D eigenvalue weighted by Crippen LogP contribution is -2.00. The molecule has 120 valence electrons. The summed E-state index contributed by atoms with van der Waals surface area (Å²) < 4.78 is 32.8. The van der Waals surface area contributed by atoms with Crippen molar-refractivity contribution in [1.29, 1.82) is 0 Å². The molecule has 4 nitrogen and oxygen atoms in total. The number of hydrogen-bond acceptors (Lipinski definition) is 4. The summed E-state index contributed by atoms with van der Waals surface area (Å²) in [4.78, 5) is 4.38. The molecule has 0 radical (unpaired) electrons. The largest absolute Gasteiger partial charge is 0.396 e. The van der Waals surface area contributed by atoms with E-state index in [1.165, 1.54) is 17.6 Å². The van der Waals surface area contributed by atoms with Gasteiger partial charge >= 0.3 is 0 Å². The van der Waals surface area contributed by atoms with Crippen molar-refractivity contribution in [3.8, 4) is 22.5 Å². The molecule has 2 aromatic heterocycles. The highest BCUT2D eigenvalue weighted by Gasteiger charge is 2.17. The highest BCUT2D eigenvalue weighted by Crippen LogP contribution is 2.32. The Labute approximate surface area is 136 Å². The molecular formula is C16H15F2N3OS. The van der Waals surface area contributed by atoms with E-state index in [1.807, 2.05) is 9.95 Å². The number of aryl methyl sites for hydroxylation is 1. The smallest absolute Gasteiger partial charge is 0.159 e. The number of imidazole rings is 1. The average Bonchev–Trinajstić information content (AvgIpc) is 3.19. The van der Waals surface area contributed by atoms with E-state index in [2.05, 4.69) is 9.36 Å². The predicted octanol–water partition coefficient (Wildman–Crippen LogP) is 3.72. The van der Waals surface area contributed by atoms with E-state index in [0.29, 0.717) is 24.2 Å². The summed E-state index contributed by atoms with van der Waals surface area (Å²) in [5, 5.41) is 10.8. The van der Waals surface area contributed by atoms with Crippen LogP contribution in [-0.4, -0.2) is 25.6 Å². The molecule has 23 heavy (non-hydrogen) atoms. The quantitative estimate of drug-likeness (QED) is 0.699. The lowest BCUT2D eigenvalue weighted by molar-refractivity contribution is 0.281. The molecule has 0 aliphatic heterocycles. The van der Waals surface area contributed by atoms with E-state index in [1.54, 1.807) is 12.5 Å². The van der Waals surface area contributed by atoms with Crippen LogP contribution >= 0.6 is 11.5 Å². The van der Waals surface area contributed by atoms with Crippen LogP contribution in [0.4, 0.5) is 8.78 Å². The third-order valence-electron chi connectivity index (χ3n) is 3.54. The van der Waals surface area contributed by atoms with Crippen molar-refractivity contribution in [2.45, 2.75) is 19.4 Å². The van der Waals surface area contributed by atoms with Crippen LogP contribution in [0.5, 0.6) is 0 Å². The number of rotatable bonds is 6. The van der Waals surface area contributed by atoms with Crippen molar-refractivity contribution in [3.05, 3.63) is 47.7 Å². The van der Waals surface area contributed by atoms with E-state index in [-0.39, 0.29) is 6.61 Å². The molecule has 0 saturated heterocycles. The van der Waals surface area contributed by atoms with Crippen LogP contribution in [0.15, 0.2) is 36.1 Å². The zero-order valence-electron chi connectivity index (χ0n) is 12.2. The van der Waals surface area contributed by atoms with E-state index in [0.717, 1.165) is 29.8 Å². The Morgan fingerprint density at radius 3 is 2.70 bits per heavy atom. The van der Waals surface area contributed by atoms with Crippen molar-refractivity contribution in [3.63, 3.8) is 0 Å². The van der Waals surface area contributed by atoms with Crippen molar-refractivity contribution >= 4 is 11.5 Å². The first-order chi connectivity index (χ1) is 11.2. The minimum absolute atomic E-state index is 0.139. The van der Waals surface area contributed by atoms with Crippen molar-refractivity contribution in [1.82, 2.24) is 13.9 Å². The minimum Gasteiger partial charge on any atom is -0.396 e. The maximum Gasteiger partial charge on any atom is 0.159 e. The fraction of sp³-hybridized carbons (Fsp3) is 0.250. The van der Waals surface area contributed by atoms with Crippen molar-refractivity contribution in [2.24, 2.45) is 0 Å². The summed E-state index contributed by atoms with van der Waals surface area (Å²) >= 11 is 1.32. The summed E-state index contributed by atoms with van der Waals surface area (Å²) in [5.74, 6) is -1.78. The molecule has 1 aromatic carbocycles. The third kappa shape index (κ3) is 3.30. The van der Waals surface area contributed by atoms with E-state index < -0.39 is 11.6 Å². The zero-order chi connectivity index (χ0) is 16.2. The van der Waals surface area contributed by atoms with Gasteiger partial charge in [-0.15, -0.1) is 0 Å². The number of aliphatic hydroxyl groups excluding tert-OH is 1. The van der Waals surface area contributed by atoms with Crippen LogP contribution in [0.1, 0.15) is 12.8 Å². The van der Waals surface area contributed by atoms with E-state index in [9.17, 15) is 8.78 Å². The van der Waals surface area contributed by atoms with Gasteiger partial charge in [0.05, 0.1) is 23.9 Å². The van der Waals surface area contributed by atoms with Gasteiger partial charge in [-0.05, 0) is 42.6 Å². The lowest BCUT2D eigenvalue weighted by atomic mass is 10.1. The maximum atomic E-state index is 13.5. The van der Waals surface area contributed by atoms with Crippen LogP contribution in [0, 0.1) is 11.6 Å². The van der Waals surface area contributed by atoms with Crippen LogP contribution in [0.2, 0.25) is 0 Å². The lowest BCUT2D eigenvalue weighted by Gasteiger charge is -2.09. The highest BCUT2D eigenvalue weighted by atomic mass is 32.1. The molecule has 7 heteroatoms. The first-order valence-corrected chi connectivity index (χ1v) is 8.05. The third-order valence-corrected chi connectivity index (χ3v) is 4.13. The number of nitrogens with zero attached hydrogens (tertiary/aromatic N) is 3. The maximum absolute atomic E-state index is 13.5. The van der Waals surface area contributed by atoms with Gasteiger partial charge in [-0.1, -0.05) is 0 Å². The molecular weight excluding hydrogens is 320 g/mol. The minimum atomic E-state index is -0.897. The summed E-state index contributed by atoms with van der Waals surface area (Å²) in [5.41, 5.74) is 2.82. The predicted molar refractivity (Wildman–Crippen MR) is 85.0 cm³/mol. The molecule has 0 aliphatic rings. The number of benzene rings is 1. The van der Waals surface area contributed by atoms with Crippen molar-refractivity contribution in [2.75, 3.05) is 6.61 Å². The fourth-order valence-electron chi connectivity index (χ4n) is 2.42. The molecule has 3 rings (SSSR count). The van der Waals surface area contributed by atoms with Gasteiger partial charge in [0.2, 0.25) is 0 Å². The number of aromatic nitrogens is 3. The summed E-state index contributed by atoms with van der Waals surface area (Å²) in [7, 11) is 0. The molecule has 0 atom stereocenters. The molecule has 0 unspecified atom stereocenters. The van der Waals surface area contributed by atoms with Gasteiger partial charge in [-0.3, -0.25) is 0 Å². The Morgan fingerprint density at radius 2 is 2.00 bits per heavy atom. The zero-order valence-corrected chi connectivity index (χ0v) is 13.1. The molecule has 0 bridgehead atoms. The summed E-state index contributed by atoms with van der Waals surface area (Å²) in [6.07, 6.45) is 4.91. The Kier molecular flexibility index (Phi) is 4.78. The molecule has 0 amide bonds. The number of unbranched alkanes of at least 4 members (excludes halogenated alkanes) is 1. The fourth-order valence-corrected chi connectivity index (χ4v) is 2.95. The number of halogens is 2. The number of hydrogen-bond donors (Lipinski definition) is 1. The van der Waals surface area contributed by atoms with Gasteiger partial charge in [-0.25, -0.2) is 18.1 Å². The van der Waals surface area contributed by atoms with E-state index >= 15 is 0 Å². The summed E-state index contributed by atoms with van der Waals surface area (Å²) in [6, 6.07) is 3.77. The molecule has 2 heterocycles. The van der Waals surface area contributed by atoms with Crippen LogP contribution in [-0.2, 0) is 6.54 Å². The van der Waals surface area contributed by atoms with Crippen LogP contribution in [0.3, 0.4) is 0 Å². The molecule has 3 aromatic rings.